The highest BCUT2D eigenvalue weighted by atomic mass is 16.6. The van der Waals surface area contributed by atoms with Crippen molar-refractivity contribution in [3.8, 4) is 0 Å². The fraction of sp³-hybridized carbons (Fsp3) is 0.816. The van der Waals surface area contributed by atoms with Gasteiger partial charge in [0.15, 0.2) is 0 Å². The molecule has 0 spiro atoms. The van der Waals surface area contributed by atoms with E-state index in [-0.39, 0.29) is 49.4 Å². The number of methoxy groups -OCH3 is 1. The lowest BCUT2D eigenvalue weighted by molar-refractivity contribution is -0.149. The standard InChI is InChI=1S/C38H70N6O9/c1-21(2)17-25(29(45)39-28(20-24(7)8)32(48)44-38(14,15)34(50)52-16)41-33(49)37(12,13)43-31(47)27(19-23(5)6)40-30(46)26(18-22(3)4)42-35(51)53-36(9,10)11/h21-28H,17-20H2,1-16H3,(H,39,45)(H,40,46)(H,41,49)(H,42,51)(H,43,47)(H,44,48)/t25-,26-,27+,28+/m0/s1. The molecule has 6 N–H and O–H groups in total. The minimum atomic E-state index is -1.54. The zero-order chi connectivity index (χ0) is 41.6. The van der Waals surface area contributed by atoms with Gasteiger partial charge >= 0.3 is 12.1 Å². The van der Waals surface area contributed by atoms with Gasteiger partial charge in [0, 0.05) is 0 Å². The van der Waals surface area contributed by atoms with Crippen molar-refractivity contribution < 1.29 is 43.0 Å². The molecule has 0 fully saturated rings. The van der Waals surface area contributed by atoms with Crippen LogP contribution in [0.3, 0.4) is 0 Å². The number of esters is 1. The van der Waals surface area contributed by atoms with Crippen LogP contribution in [-0.2, 0) is 38.2 Å². The summed E-state index contributed by atoms with van der Waals surface area (Å²) < 4.78 is 10.1. The summed E-state index contributed by atoms with van der Waals surface area (Å²) >= 11 is 0. The first-order valence-corrected chi connectivity index (χ1v) is 18.6. The maximum absolute atomic E-state index is 13.7. The van der Waals surface area contributed by atoms with Crippen LogP contribution < -0.4 is 31.9 Å². The van der Waals surface area contributed by atoms with E-state index in [0.717, 1.165) is 0 Å². The van der Waals surface area contributed by atoms with E-state index in [9.17, 15) is 33.6 Å². The Balaban J connectivity index is 6.13. The maximum Gasteiger partial charge on any atom is 0.408 e. The second-order valence-corrected chi connectivity index (χ2v) is 17.6. The summed E-state index contributed by atoms with van der Waals surface area (Å²) in [6.45, 7) is 26.1. The molecule has 15 heteroatoms. The lowest BCUT2D eigenvalue weighted by Crippen LogP contribution is -2.63. The summed E-state index contributed by atoms with van der Waals surface area (Å²) in [7, 11) is 1.21. The lowest BCUT2D eigenvalue weighted by atomic mass is 9.96. The van der Waals surface area contributed by atoms with Gasteiger partial charge in [-0.1, -0.05) is 55.4 Å². The van der Waals surface area contributed by atoms with Crippen molar-refractivity contribution in [2.45, 2.75) is 170 Å². The molecule has 0 saturated heterocycles. The fourth-order valence-corrected chi connectivity index (χ4v) is 5.30. The minimum absolute atomic E-state index is 0.00686. The molecule has 6 amide bonds. The van der Waals surface area contributed by atoms with Gasteiger partial charge in [0.1, 0.15) is 40.8 Å². The van der Waals surface area contributed by atoms with E-state index in [0.29, 0.717) is 0 Å². The van der Waals surface area contributed by atoms with E-state index in [4.69, 9.17) is 9.47 Å². The topological polar surface area (TPSA) is 210 Å². The molecule has 53 heavy (non-hydrogen) atoms. The molecule has 0 heterocycles. The largest absolute Gasteiger partial charge is 0.467 e. The Morgan fingerprint density at radius 3 is 1.11 bits per heavy atom. The fourth-order valence-electron chi connectivity index (χ4n) is 5.30. The van der Waals surface area contributed by atoms with Gasteiger partial charge in [-0.15, -0.1) is 0 Å². The molecule has 0 aromatic heterocycles. The maximum atomic E-state index is 13.7. The number of carbonyl (C=O) groups excluding carboxylic acids is 7. The minimum Gasteiger partial charge on any atom is -0.467 e. The van der Waals surface area contributed by atoms with Gasteiger partial charge in [0.05, 0.1) is 7.11 Å². The second-order valence-electron chi connectivity index (χ2n) is 17.6. The summed E-state index contributed by atoms with van der Waals surface area (Å²) in [6, 6.07) is -4.12. The lowest BCUT2D eigenvalue weighted by Gasteiger charge is -2.32. The highest BCUT2D eigenvalue weighted by Crippen LogP contribution is 2.15. The smallest absolute Gasteiger partial charge is 0.408 e. The third-order valence-electron chi connectivity index (χ3n) is 7.86. The van der Waals surface area contributed by atoms with Crippen LogP contribution in [0.15, 0.2) is 0 Å². The Labute approximate surface area is 317 Å². The van der Waals surface area contributed by atoms with E-state index in [1.54, 1.807) is 20.8 Å². The Hall–Kier alpha value is -3.91. The van der Waals surface area contributed by atoms with E-state index < -0.39 is 82.4 Å². The average Bonchev–Trinajstić information content (AvgIpc) is 2.96. The number of amides is 6. The van der Waals surface area contributed by atoms with Crippen LogP contribution in [0, 0.1) is 23.7 Å². The highest BCUT2D eigenvalue weighted by Gasteiger charge is 2.38. The van der Waals surface area contributed by atoms with Crippen LogP contribution in [0.2, 0.25) is 0 Å². The summed E-state index contributed by atoms with van der Waals surface area (Å²) in [5, 5.41) is 16.2. The van der Waals surface area contributed by atoms with Crippen LogP contribution in [0.25, 0.3) is 0 Å². The number of hydrogen-bond acceptors (Lipinski definition) is 9. The summed E-state index contributed by atoms with van der Waals surface area (Å²) in [5.41, 5.74) is -3.67. The van der Waals surface area contributed by atoms with Crippen molar-refractivity contribution in [3.05, 3.63) is 0 Å². The zero-order valence-corrected chi connectivity index (χ0v) is 35.1. The molecular weight excluding hydrogens is 684 g/mol. The second kappa shape index (κ2) is 21.1. The normalized spacial score (nSPS) is 14.5. The van der Waals surface area contributed by atoms with Crippen molar-refractivity contribution in [1.29, 1.82) is 0 Å². The molecule has 306 valence electrons. The molecule has 0 aromatic carbocycles. The average molecular weight is 755 g/mol. The first kappa shape index (κ1) is 49.1. The molecular formula is C38H70N6O9. The van der Waals surface area contributed by atoms with Crippen molar-refractivity contribution in [1.82, 2.24) is 31.9 Å². The van der Waals surface area contributed by atoms with Gasteiger partial charge in [-0.2, -0.15) is 0 Å². The van der Waals surface area contributed by atoms with Gasteiger partial charge in [0.2, 0.25) is 29.5 Å². The molecule has 4 atom stereocenters. The van der Waals surface area contributed by atoms with Crippen molar-refractivity contribution >= 4 is 41.6 Å². The first-order valence-electron chi connectivity index (χ1n) is 18.6. The van der Waals surface area contributed by atoms with E-state index in [1.807, 2.05) is 55.4 Å². The predicted octanol–water partition coefficient (Wildman–Crippen LogP) is 3.48. The number of rotatable bonds is 20. The molecule has 15 nitrogen and oxygen atoms in total. The molecule has 0 aliphatic carbocycles. The summed E-state index contributed by atoms with van der Waals surface area (Å²) in [6.07, 6.45) is 0.242. The van der Waals surface area contributed by atoms with E-state index >= 15 is 0 Å². The molecule has 0 unspecified atom stereocenters. The number of nitrogens with one attached hydrogen (secondary N) is 6. The monoisotopic (exact) mass is 755 g/mol. The number of hydrogen-bond donors (Lipinski definition) is 6. The number of carbonyl (C=O) groups is 7. The van der Waals surface area contributed by atoms with Crippen molar-refractivity contribution in [2.75, 3.05) is 7.11 Å². The quantitative estimate of drug-likeness (QED) is 0.100. The molecule has 0 aliphatic heterocycles. The van der Waals surface area contributed by atoms with Crippen LogP contribution in [0.4, 0.5) is 4.79 Å². The van der Waals surface area contributed by atoms with Gasteiger partial charge in [-0.3, -0.25) is 24.0 Å². The molecule has 0 bridgehead atoms. The molecule has 0 aromatic rings. The third-order valence-corrected chi connectivity index (χ3v) is 7.86. The summed E-state index contributed by atoms with van der Waals surface area (Å²) in [4.78, 5) is 92.7. The van der Waals surface area contributed by atoms with Gasteiger partial charge in [-0.25, -0.2) is 9.59 Å². The van der Waals surface area contributed by atoms with Crippen LogP contribution in [0.1, 0.15) is 130 Å². The van der Waals surface area contributed by atoms with Crippen molar-refractivity contribution in [3.63, 3.8) is 0 Å². The highest BCUT2D eigenvalue weighted by molar-refractivity contribution is 5.98. The first-order chi connectivity index (χ1) is 24.0. The third kappa shape index (κ3) is 19.1. The Morgan fingerprint density at radius 2 is 0.792 bits per heavy atom. The van der Waals surface area contributed by atoms with Gasteiger partial charge < -0.3 is 41.4 Å². The van der Waals surface area contributed by atoms with Gasteiger partial charge in [0.25, 0.3) is 0 Å². The Morgan fingerprint density at radius 1 is 0.472 bits per heavy atom. The van der Waals surface area contributed by atoms with E-state index in [1.165, 1.54) is 34.8 Å². The van der Waals surface area contributed by atoms with Crippen LogP contribution >= 0.6 is 0 Å². The van der Waals surface area contributed by atoms with Gasteiger partial charge in [-0.05, 0) is 97.8 Å². The van der Waals surface area contributed by atoms with Crippen LogP contribution in [0.5, 0.6) is 0 Å². The number of alkyl carbamates (subject to hydrolysis) is 1. The summed E-state index contributed by atoms with van der Waals surface area (Å²) in [5.74, 6) is -3.76. The van der Waals surface area contributed by atoms with Crippen LogP contribution in [-0.4, -0.2) is 89.6 Å². The molecule has 0 saturated carbocycles. The zero-order valence-electron chi connectivity index (χ0n) is 35.1. The number of ether oxygens (including phenoxy) is 2. The molecule has 0 rings (SSSR count). The van der Waals surface area contributed by atoms with Crippen molar-refractivity contribution in [2.24, 2.45) is 23.7 Å². The SMILES string of the molecule is COC(=O)C(C)(C)NC(=O)[C@@H](CC(C)C)NC(=O)[C@H](CC(C)C)NC(=O)C(C)(C)NC(=O)[C@@H](CC(C)C)NC(=O)[C@H](CC(C)C)NC(=O)OC(C)(C)C. The predicted molar refractivity (Wildman–Crippen MR) is 203 cm³/mol. The van der Waals surface area contributed by atoms with E-state index in [2.05, 4.69) is 31.9 Å². The molecule has 0 aliphatic rings. The Kier molecular flexibility index (Phi) is 19.5. The molecule has 0 radical (unpaired) electrons. The Bertz CT molecular complexity index is 1270.